The lowest BCUT2D eigenvalue weighted by Crippen LogP contribution is -2.44. The van der Waals surface area contributed by atoms with Crippen LogP contribution in [0.4, 0.5) is 14.5 Å². The molecule has 6 nitrogen and oxygen atoms in total. The first-order chi connectivity index (χ1) is 13.7. The highest BCUT2D eigenvalue weighted by Crippen LogP contribution is 2.31. The molecule has 0 saturated carbocycles. The van der Waals surface area contributed by atoms with Crippen molar-refractivity contribution >= 4 is 11.6 Å². The molecule has 1 atom stereocenters. The first-order valence-corrected chi connectivity index (χ1v) is 9.51. The van der Waals surface area contributed by atoms with Crippen LogP contribution in [0.3, 0.4) is 0 Å². The lowest BCUT2D eigenvalue weighted by molar-refractivity contribution is -0.0495. The van der Waals surface area contributed by atoms with Gasteiger partial charge in [-0.3, -0.25) is 4.99 Å². The van der Waals surface area contributed by atoms with Gasteiger partial charge in [-0.1, -0.05) is 12.1 Å². The van der Waals surface area contributed by atoms with E-state index in [2.05, 4.69) is 25.3 Å². The van der Waals surface area contributed by atoms with Gasteiger partial charge in [-0.25, -0.2) is 0 Å². The van der Waals surface area contributed by atoms with Gasteiger partial charge in [0.15, 0.2) is 5.96 Å². The molecule has 8 heteroatoms. The molecular formula is C20H26F2N4O2. The molecule has 1 fully saturated rings. The topological polar surface area (TPSA) is 62.0 Å². The van der Waals surface area contributed by atoms with Gasteiger partial charge in [-0.2, -0.15) is 8.78 Å². The molecule has 1 aliphatic heterocycles. The van der Waals surface area contributed by atoms with E-state index >= 15 is 0 Å². The molecule has 0 bridgehead atoms. The van der Waals surface area contributed by atoms with Gasteiger partial charge in [-0.05, 0) is 37.6 Å². The van der Waals surface area contributed by atoms with Gasteiger partial charge in [-0.15, -0.1) is 0 Å². The third kappa shape index (κ3) is 5.61. The summed E-state index contributed by atoms with van der Waals surface area (Å²) >= 11 is 0. The molecule has 0 spiro atoms. The van der Waals surface area contributed by atoms with Crippen LogP contribution in [0.5, 0.6) is 5.75 Å². The number of aliphatic imine (C=N–C) groups is 1. The van der Waals surface area contributed by atoms with Crippen LogP contribution < -0.4 is 20.3 Å². The molecule has 1 aromatic heterocycles. The molecule has 2 aromatic rings. The molecule has 2 heterocycles. The van der Waals surface area contributed by atoms with Crippen molar-refractivity contribution in [3.63, 3.8) is 0 Å². The van der Waals surface area contributed by atoms with E-state index < -0.39 is 6.61 Å². The zero-order valence-corrected chi connectivity index (χ0v) is 15.9. The number of nitrogens with one attached hydrogen (secondary N) is 2. The second-order valence-electron chi connectivity index (χ2n) is 6.51. The smallest absolute Gasteiger partial charge is 0.387 e. The molecule has 0 aliphatic carbocycles. The molecule has 28 heavy (non-hydrogen) atoms. The number of alkyl halides is 2. The van der Waals surface area contributed by atoms with Crippen LogP contribution in [0.1, 0.15) is 19.1 Å². The average molecular weight is 392 g/mol. The van der Waals surface area contributed by atoms with E-state index in [4.69, 9.17) is 4.42 Å². The third-order valence-corrected chi connectivity index (χ3v) is 4.50. The number of halogens is 2. The largest absolute Gasteiger partial charge is 0.469 e. The minimum absolute atomic E-state index is 0.168. The summed E-state index contributed by atoms with van der Waals surface area (Å²) in [5.41, 5.74) is 0.687. The number of anilines is 1. The van der Waals surface area contributed by atoms with Crippen LogP contribution >= 0.6 is 0 Å². The Morgan fingerprint density at radius 1 is 1.32 bits per heavy atom. The predicted molar refractivity (Wildman–Crippen MR) is 105 cm³/mol. The average Bonchev–Trinajstić information content (AvgIpc) is 3.34. The highest BCUT2D eigenvalue weighted by Gasteiger charge is 2.26. The van der Waals surface area contributed by atoms with Crippen molar-refractivity contribution in [2.75, 3.05) is 31.1 Å². The summed E-state index contributed by atoms with van der Waals surface area (Å²) in [4.78, 5) is 6.66. The van der Waals surface area contributed by atoms with Crippen molar-refractivity contribution in [3.05, 3.63) is 48.4 Å². The number of guanidine groups is 1. The summed E-state index contributed by atoms with van der Waals surface area (Å²) in [6.45, 7) is 2.00. The maximum absolute atomic E-state index is 12.7. The standard InChI is InChI=1S/C20H26F2N4O2/c1-2-23-20(24-11-9-16-6-5-13-27-16)25-15-10-12-26(14-15)17-7-3-4-8-18(17)28-19(21)22/h3-8,13,15,19H,2,9-12,14H2,1H3,(H2,23,24,25). The second kappa shape index (κ2) is 9.96. The molecule has 1 saturated heterocycles. The van der Waals surface area contributed by atoms with Crippen molar-refractivity contribution < 1.29 is 17.9 Å². The number of benzene rings is 1. The van der Waals surface area contributed by atoms with Gasteiger partial charge < -0.3 is 24.7 Å². The highest BCUT2D eigenvalue weighted by molar-refractivity contribution is 5.80. The van der Waals surface area contributed by atoms with E-state index in [1.165, 1.54) is 0 Å². The monoisotopic (exact) mass is 392 g/mol. The fourth-order valence-corrected chi connectivity index (χ4v) is 3.26. The Morgan fingerprint density at radius 2 is 2.18 bits per heavy atom. The quantitative estimate of drug-likeness (QED) is 0.533. The molecule has 1 unspecified atom stereocenters. The summed E-state index contributed by atoms with van der Waals surface area (Å²) in [5.74, 6) is 1.86. The first kappa shape index (κ1) is 20.0. The van der Waals surface area contributed by atoms with Gasteiger partial charge in [0.25, 0.3) is 0 Å². The second-order valence-corrected chi connectivity index (χ2v) is 6.51. The summed E-state index contributed by atoms with van der Waals surface area (Å²) in [5, 5.41) is 6.68. The van der Waals surface area contributed by atoms with E-state index in [0.717, 1.165) is 37.7 Å². The van der Waals surface area contributed by atoms with Crippen LogP contribution in [0.25, 0.3) is 0 Å². The van der Waals surface area contributed by atoms with E-state index in [9.17, 15) is 8.78 Å². The van der Waals surface area contributed by atoms with Gasteiger partial charge in [0.2, 0.25) is 0 Å². The van der Waals surface area contributed by atoms with Crippen LogP contribution in [-0.2, 0) is 6.42 Å². The number of ether oxygens (including phenoxy) is 1. The lowest BCUT2D eigenvalue weighted by Gasteiger charge is -2.22. The SMILES string of the molecule is CCNC(=NCCc1ccco1)NC1CCN(c2ccccc2OC(F)F)C1. The highest BCUT2D eigenvalue weighted by atomic mass is 19.3. The van der Waals surface area contributed by atoms with Crippen LogP contribution in [-0.4, -0.2) is 44.8 Å². The number of furan rings is 1. The van der Waals surface area contributed by atoms with Gasteiger partial charge in [0, 0.05) is 38.6 Å². The van der Waals surface area contributed by atoms with Gasteiger partial charge >= 0.3 is 6.61 Å². The first-order valence-electron chi connectivity index (χ1n) is 9.51. The normalized spacial score (nSPS) is 17.2. The summed E-state index contributed by atoms with van der Waals surface area (Å²) in [6.07, 6.45) is 3.27. The summed E-state index contributed by atoms with van der Waals surface area (Å²) < 4.78 is 35.3. The van der Waals surface area contributed by atoms with E-state index in [1.54, 1.807) is 18.4 Å². The minimum atomic E-state index is -2.83. The Hall–Kier alpha value is -2.77. The minimum Gasteiger partial charge on any atom is -0.469 e. The van der Waals surface area contributed by atoms with Gasteiger partial charge in [0.05, 0.1) is 12.0 Å². The molecule has 152 valence electrons. The van der Waals surface area contributed by atoms with Crippen LogP contribution in [0.15, 0.2) is 52.1 Å². The Morgan fingerprint density at radius 3 is 2.93 bits per heavy atom. The Bertz CT molecular complexity index is 752. The van der Waals surface area contributed by atoms with Crippen LogP contribution in [0.2, 0.25) is 0 Å². The maximum atomic E-state index is 12.7. The number of hydrogen-bond acceptors (Lipinski definition) is 4. The fourth-order valence-electron chi connectivity index (χ4n) is 3.26. The maximum Gasteiger partial charge on any atom is 0.387 e. The predicted octanol–water partition coefficient (Wildman–Crippen LogP) is 3.26. The van der Waals surface area contributed by atoms with Crippen molar-refractivity contribution in [2.45, 2.75) is 32.4 Å². The Labute approximate surface area is 163 Å². The van der Waals surface area contributed by atoms with Crippen molar-refractivity contribution in [2.24, 2.45) is 4.99 Å². The van der Waals surface area contributed by atoms with Crippen molar-refractivity contribution in [1.29, 1.82) is 0 Å². The molecule has 2 N–H and O–H groups in total. The molecule has 1 aliphatic rings. The summed E-state index contributed by atoms with van der Waals surface area (Å²) in [7, 11) is 0. The number of para-hydroxylation sites is 2. The number of rotatable bonds is 8. The number of hydrogen-bond donors (Lipinski definition) is 2. The summed E-state index contributed by atoms with van der Waals surface area (Å²) in [6, 6.07) is 10.9. The van der Waals surface area contributed by atoms with Gasteiger partial charge in [0.1, 0.15) is 11.5 Å². The zero-order chi connectivity index (χ0) is 19.8. The Balaban J connectivity index is 1.57. The Kier molecular flexibility index (Phi) is 7.11. The molecule has 3 rings (SSSR count). The van der Waals surface area contributed by atoms with Crippen molar-refractivity contribution in [3.8, 4) is 5.75 Å². The molecule has 0 radical (unpaired) electrons. The third-order valence-electron chi connectivity index (χ3n) is 4.50. The van der Waals surface area contributed by atoms with Crippen molar-refractivity contribution in [1.82, 2.24) is 10.6 Å². The molecule has 0 amide bonds. The lowest BCUT2D eigenvalue weighted by atomic mass is 10.2. The van der Waals surface area contributed by atoms with E-state index in [0.29, 0.717) is 18.8 Å². The molecular weight excluding hydrogens is 366 g/mol. The van der Waals surface area contributed by atoms with E-state index in [-0.39, 0.29) is 11.8 Å². The number of nitrogens with zero attached hydrogens (tertiary/aromatic N) is 2. The fraction of sp³-hybridized carbons (Fsp3) is 0.450. The molecule has 1 aromatic carbocycles. The van der Waals surface area contributed by atoms with Crippen LogP contribution in [0, 0.1) is 0 Å². The zero-order valence-electron chi connectivity index (χ0n) is 15.9. The van der Waals surface area contributed by atoms with E-state index in [1.807, 2.05) is 31.2 Å².